The maximum atomic E-state index is 9.11. The lowest BCUT2D eigenvalue weighted by atomic mass is 10.1. The van der Waals surface area contributed by atoms with E-state index in [-0.39, 0.29) is 12.6 Å². The average molecular weight is 339 g/mol. The summed E-state index contributed by atoms with van der Waals surface area (Å²) < 4.78 is 0. The molecule has 8 nitrogen and oxygen atoms in total. The monoisotopic (exact) mass is 339 g/mol. The molecule has 0 spiro atoms. The highest BCUT2D eigenvalue weighted by atomic mass is 16.3. The minimum absolute atomic E-state index is 0.205. The van der Waals surface area contributed by atoms with Gasteiger partial charge in [0.2, 0.25) is 5.95 Å². The minimum atomic E-state index is 0.205. The Hall–Kier alpha value is -2.71. The molecule has 0 bridgehead atoms. The molecule has 0 unspecified atom stereocenters. The number of hydrogen-bond acceptors (Lipinski definition) is 7. The van der Waals surface area contributed by atoms with Gasteiger partial charge in [-0.25, -0.2) is 15.0 Å². The van der Waals surface area contributed by atoms with E-state index in [4.69, 9.17) is 10.8 Å². The maximum absolute atomic E-state index is 9.11. The fraction of sp³-hybridized carbons (Fsp3) is 0.353. The van der Waals surface area contributed by atoms with E-state index in [1.165, 1.54) is 0 Å². The number of aromatic amines is 1. The van der Waals surface area contributed by atoms with Gasteiger partial charge >= 0.3 is 0 Å². The molecule has 0 saturated carbocycles. The number of β-amino-alcohol motifs (C(OH)–C–C–N with tert-alkyl or cyclic N) is 1. The number of piperazine rings is 1. The molecule has 8 heteroatoms. The van der Waals surface area contributed by atoms with E-state index in [9.17, 15) is 0 Å². The van der Waals surface area contributed by atoms with Crippen LogP contribution in [0, 0.1) is 0 Å². The Balaban J connectivity index is 1.72. The van der Waals surface area contributed by atoms with Crippen molar-refractivity contribution >= 4 is 22.7 Å². The predicted molar refractivity (Wildman–Crippen MR) is 97.3 cm³/mol. The van der Waals surface area contributed by atoms with E-state index in [0.717, 1.165) is 60.7 Å². The molecule has 0 amide bonds. The van der Waals surface area contributed by atoms with Gasteiger partial charge in [-0.15, -0.1) is 0 Å². The van der Waals surface area contributed by atoms with E-state index < -0.39 is 0 Å². The number of aliphatic hydroxyl groups excluding tert-OH is 1. The zero-order chi connectivity index (χ0) is 17.2. The van der Waals surface area contributed by atoms with Crippen LogP contribution in [0.2, 0.25) is 0 Å². The first kappa shape index (κ1) is 15.8. The second kappa shape index (κ2) is 6.66. The Labute approximate surface area is 145 Å². The van der Waals surface area contributed by atoms with Crippen LogP contribution in [0.5, 0.6) is 0 Å². The molecule has 0 radical (unpaired) electrons. The van der Waals surface area contributed by atoms with Crippen molar-refractivity contribution in [1.29, 1.82) is 0 Å². The molecule has 1 fully saturated rings. The van der Waals surface area contributed by atoms with E-state index in [1.807, 2.05) is 24.5 Å². The maximum Gasteiger partial charge on any atom is 0.220 e. The minimum Gasteiger partial charge on any atom is -0.395 e. The summed E-state index contributed by atoms with van der Waals surface area (Å²) in [6.07, 6.45) is 5.41. The van der Waals surface area contributed by atoms with Gasteiger partial charge in [0.25, 0.3) is 0 Å². The highest BCUT2D eigenvalue weighted by Gasteiger charge is 2.21. The lowest BCUT2D eigenvalue weighted by Crippen LogP contribution is -2.47. The molecule has 4 heterocycles. The Bertz CT molecular complexity index is 870. The van der Waals surface area contributed by atoms with Crippen LogP contribution in [-0.2, 0) is 0 Å². The van der Waals surface area contributed by atoms with Gasteiger partial charge in [-0.1, -0.05) is 0 Å². The fourth-order valence-electron chi connectivity index (χ4n) is 3.38. The summed E-state index contributed by atoms with van der Waals surface area (Å²) in [5.74, 6) is 0.259. The number of fused-ring (bicyclic) bond motifs is 1. The van der Waals surface area contributed by atoms with Crippen LogP contribution >= 0.6 is 0 Å². The van der Waals surface area contributed by atoms with Crippen molar-refractivity contribution in [2.75, 3.05) is 50.0 Å². The summed E-state index contributed by atoms with van der Waals surface area (Å²) in [6, 6.07) is 3.90. The van der Waals surface area contributed by atoms with Gasteiger partial charge in [-0.05, 0) is 12.1 Å². The van der Waals surface area contributed by atoms with E-state index in [0.29, 0.717) is 0 Å². The van der Waals surface area contributed by atoms with Crippen LogP contribution in [0.25, 0.3) is 22.3 Å². The second-order valence-corrected chi connectivity index (χ2v) is 6.11. The number of pyridine rings is 1. The van der Waals surface area contributed by atoms with Gasteiger partial charge in [0.05, 0.1) is 23.4 Å². The van der Waals surface area contributed by atoms with Crippen molar-refractivity contribution in [2.24, 2.45) is 0 Å². The van der Waals surface area contributed by atoms with Crippen molar-refractivity contribution in [3.8, 4) is 11.3 Å². The molecule has 1 aliphatic rings. The quantitative estimate of drug-likeness (QED) is 0.643. The number of H-pyrrole nitrogens is 1. The topological polar surface area (TPSA) is 107 Å². The summed E-state index contributed by atoms with van der Waals surface area (Å²) in [4.78, 5) is 20.6. The van der Waals surface area contributed by atoms with Crippen molar-refractivity contribution in [3.63, 3.8) is 0 Å². The number of aliphatic hydroxyl groups is 1. The van der Waals surface area contributed by atoms with E-state index in [2.05, 4.69) is 29.7 Å². The lowest BCUT2D eigenvalue weighted by molar-refractivity contribution is 0.189. The molecule has 3 aromatic rings. The molecule has 0 atom stereocenters. The van der Waals surface area contributed by atoms with Crippen molar-refractivity contribution < 1.29 is 5.11 Å². The Morgan fingerprint density at radius 2 is 1.92 bits per heavy atom. The number of rotatable bonds is 4. The molecular weight excluding hydrogens is 318 g/mol. The van der Waals surface area contributed by atoms with Gasteiger partial charge in [-0.2, -0.15) is 0 Å². The van der Waals surface area contributed by atoms with E-state index in [1.54, 1.807) is 6.20 Å². The molecule has 0 aromatic carbocycles. The second-order valence-electron chi connectivity index (χ2n) is 6.11. The number of aromatic nitrogens is 4. The van der Waals surface area contributed by atoms with Crippen molar-refractivity contribution in [2.45, 2.75) is 0 Å². The molecule has 130 valence electrons. The number of nitrogens with two attached hydrogens (primary N) is 1. The molecule has 25 heavy (non-hydrogen) atoms. The number of hydrogen-bond donors (Lipinski definition) is 3. The van der Waals surface area contributed by atoms with Gasteiger partial charge in [0.15, 0.2) is 0 Å². The molecule has 4 N–H and O–H groups in total. The lowest BCUT2D eigenvalue weighted by Gasteiger charge is -2.36. The average Bonchev–Trinajstić information content (AvgIpc) is 3.07. The number of anilines is 2. The largest absolute Gasteiger partial charge is 0.395 e. The number of nitrogens with one attached hydrogen (secondary N) is 1. The van der Waals surface area contributed by atoms with Crippen molar-refractivity contribution in [3.05, 3.63) is 30.7 Å². The predicted octanol–water partition coefficient (Wildman–Crippen LogP) is 0.716. The molecule has 4 rings (SSSR count). The zero-order valence-corrected chi connectivity index (χ0v) is 13.9. The smallest absolute Gasteiger partial charge is 0.220 e. The molecule has 0 aliphatic carbocycles. The van der Waals surface area contributed by atoms with Crippen molar-refractivity contribution in [1.82, 2.24) is 24.8 Å². The third-order valence-corrected chi connectivity index (χ3v) is 4.63. The third kappa shape index (κ3) is 3.01. The molecule has 3 aromatic heterocycles. The van der Waals surface area contributed by atoms with Crippen LogP contribution in [0.15, 0.2) is 30.7 Å². The summed E-state index contributed by atoms with van der Waals surface area (Å²) in [5.41, 5.74) is 9.49. The normalized spacial score (nSPS) is 15.8. The van der Waals surface area contributed by atoms with Crippen LogP contribution in [0.4, 0.5) is 11.6 Å². The number of nitrogens with zero attached hydrogens (tertiary/aromatic N) is 5. The van der Waals surface area contributed by atoms with Crippen LogP contribution in [-0.4, -0.2) is 69.3 Å². The first-order chi connectivity index (χ1) is 12.3. The Morgan fingerprint density at radius 3 is 2.68 bits per heavy atom. The van der Waals surface area contributed by atoms with E-state index >= 15 is 0 Å². The van der Waals surface area contributed by atoms with Crippen LogP contribution in [0.3, 0.4) is 0 Å². The highest BCUT2D eigenvalue weighted by molar-refractivity contribution is 6.02. The summed E-state index contributed by atoms with van der Waals surface area (Å²) in [7, 11) is 0. The Morgan fingerprint density at radius 1 is 1.12 bits per heavy atom. The Kier molecular flexibility index (Phi) is 4.21. The number of nitrogen functional groups attached to an aromatic ring is 1. The summed E-state index contributed by atoms with van der Waals surface area (Å²) >= 11 is 0. The van der Waals surface area contributed by atoms with Crippen LogP contribution in [0.1, 0.15) is 0 Å². The van der Waals surface area contributed by atoms with Gasteiger partial charge in [0, 0.05) is 56.9 Å². The standard InChI is InChI=1S/C17H21N7O/c18-17-20-3-1-13(22-17)12-11-21-16-15(12)14(2-4-19-16)24-7-5-23(6-8-24)9-10-25/h1-4,11,25H,5-10H2,(H,19,21)(H2,18,20,22). The third-order valence-electron chi connectivity index (χ3n) is 4.63. The molecule has 1 aliphatic heterocycles. The first-order valence-corrected chi connectivity index (χ1v) is 8.39. The van der Waals surface area contributed by atoms with Gasteiger partial charge in [0.1, 0.15) is 5.65 Å². The summed E-state index contributed by atoms with van der Waals surface area (Å²) in [6.45, 7) is 4.63. The summed E-state index contributed by atoms with van der Waals surface area (Å²) in [5, 5.41) is 10.2. The fourth-order valence-corrected chi connectivity index (χ4v) is 3.38. The first-order valence-electron chi connectivity index (χ1n) is 8.39. The highest BCUT2D eigenvalue weighted by Crippen LogP contribution is 2.34. The van der Waals surface area contributed by atoms with Gasteiger partial charge in [-0.3, -0.25) is 4.90 Å². The molecule has 1 saturated heterocycles. The zero-order valence-electron chi connectivity index (χ0n) is 13.9. The molecular formula is C17H21N7O. The van der Waals surface area contributed by atoms with Gasteiger partial charge < -0.3 is 20.7 Å². The van der Waals surface area contributed by atoms with Crippen LogP contribution < -0.4 is 10.6 Å². The SMILES string of the molecule is Nc1nccc(-c2c[nH]c3nccc(N4CCN(CCO)CC4)c23)n1.